The van der Waals surface area contributed by atoms with Crippen molar-refractivity contribution in [3.05, 3.63) is 21.9 Å². The van der Waals surface area contributed by atoms with Crippen LogP contribution in [-0.4, -0.2) is 25.3 Å². The van der Waals surface area contributed by atoms with Gasteiger partial charge in [0.05, 0.1) is 11.6 Å². The molecule has 1 saturated heterocycles. The molecule has 0 saturated carbocycles. The second-order valence-corrected chi connectivity index (χ2v) is 5.03. The van der Waals surface area contributed by atoms with Gasteiger partial charge in [-0.1, -0.05) is 0 Å². The van der Waals surface area contributed by atoms with E-state index in [4.69, 9.17) is 4.74 Å². The van der Waals surface area contributed by atoms with Crippen molar-refractivity contribution in [2.75, 3.05) is 20.2 Å². The lowest BCUT2D eigenvalue weighted by Crippen LogP contribution is -2.29. The van der Waals surface area contributed by atoms with Crippen molar-refractivity contribution in [2.24, 2.45) is 0 Å². The first-order valence-corrected chi connectivity index (χ1v) is 6.40. The van der Waals surface area contributed by atoms with Crippen molar-refractivity contribution in [1.82, 2.24) is 5.32 Å². The molecule has 1 aliphatic heterocycles. The van der Waals surface area contributed by atoms with Crippen LogP contribution >= 0.6 is 15.9 Å². The third-order valence-electron chi connectivity index (χ3n) is 3.11. The van der Waals surface area contributed by atoms with E-state index in [1.54, 1.807) is 0 Å². The van der Waals surface area contributed by atoms with Gasteiger partial charge in [-0.2, -0.15) is 0 Å². The summed E-state index contributed by atoms with van der Waals surface area (Å²) in [6.07, 6.45) is 1.87. The molecule has 0 aromatic heterocycles. The standard InChI is InChI=1S/C12H15BrFNO2/c1-17-12-8(13)5-9(14)10(11(12)16)7-3-2-4-15-6-7/h5,7,15-16H,2-4,6H2,1H3. The Hall–Kier alpha value is -0.810. The van der Waals surface area contributed by atoms with Crippen LogP contribution in [0.1, 0.15) is 24.3 Å². The molecule has 1 aromatic rings. The molecule has 0 aliphatic carbocycles. The highest BCUT2D eigenvalue weighted by molar-refractivity contribution is 9.10. The van der Waals surface area contributed by atoms with Gasteiger partial charge in [0.25, 0.3) is 0 Å². The third-order valence-corrected chi connectivity index (χ3v) is 3.70. The maximum Gasteiger partial charge on any atom is 0.175 e. The van der Waals surface area contributed by atoms with Crippen LogP contribution in [0.5, 0.6) is 11.5 Å². The normalized spacial score (nSPS) is 20.3. The van der Waals surface area contributed by atoms with E-state index >= 15 is 0 Å². The van der Waals surface area contributed by atoms with E-state index < -0.39 is 0 Å². The van der Waals surface area contributed by atoms with Gasteiger partial charge in [0.15, 0.2) is 11.5 Å². The van der Waals surface area contributed by atoms with Gasteiger partial charge in [0, 0.05) is 18.0 Å². The monoisotopic (exact) mass is 303 g/mol. The number of aromatic hydroxyl groups is 1. The summed E-state index contributed by atoms with van der Waals surface area (Å²) in [5.74, 6) is -0.172. The van der Waals surface area contributed by atoms with Crippen LogP contribution in [-0.2, 0) is 0 Å². The van der Waals surface area contributed by atoms with Crippen molar-refractivity contribution in [3.63, 3.8) is 0 Å². The summed E-state index contributed by atoms with van der Waals surface area (Å²) < 4.78 is 19.4. The summed E-state index contributed by atoms with van der Waals surface area (Å²) in [5, 5.41) is 13.3. The Bertz CT molecular complexity index is 419. The number of phenolic OH excluding ortho intramolecular Hbond substituents is 1. The number of phenols is 1. The summed E-state index contributed by atoms with van der Waals surface area (Å²) in [6, 6.07) is 1.35. The van der Waals surface area contributed by atoms with E-state index in [0.717, 1.165) is 19.4 Å². The average Bonchev–Trinajstić information content (AvgIpc) is 2.30. The molecule has 2 N–H and O–H groups in total. The van der Waals surface area contributed by atoms with Crippen molar-refractivity contribution in [2.45, 2.75) is 18.8 Å². The van der Waals surface area contributed by atoms with Crippen LogP contribution in [0.4, 0.5) is 4.39 Å². The van der Waals surface area contributed by atoms with E-state index in [2.05, 4.69) is 21.2 Å². The highest BCUT2D eigenvalue weighted by Crippen LogP contribution is 2.43. The zero-order valence-corrected chi connectivity index (χ0v) is 11.2. The molecule has 1 aliphatic rings. The van der Waals surface area contributed by atoms with Crippen LogP contribution in [0.15, 0.2) is 10.5 Å². The lowest BCUT2D eigenvalue weighted by Gasteiger charge is -2.25. The van der Waals surface area contributed by atoms with Gasteiger partial charge in [-0.05, 0) is 41.4 Å². The first kappa shape index (κ1) is 12.6. The fourth-order valence-electron chi connectivity index (χ4n) is 2.28. The Morgan fingerprint density at radius 1 is 1.59 bits per heavy atom. The van der Waals surface area contributed by atoms with E-state index in [9.17, 15) is 9.50 Å². The Kier molecular flexibility index (Phi) is 3.89. The summed E-state index contributed by atoms with van der Waals surface area (Å²) in [5.41, 5.74) is 0.359. The predicted molar refractivity (Wildman–Crippen MR) is 67.2 cm³/mol. The molecule has 0 bridgehead atoms. The Morgan fingerprint density at radius 2 is 2.35 bits per heavy atom. The lowest BCUT2D eigenvalue weighted by atomic mass is 9.90. The molecule has 0 spiro atoms. The number of nitrogens with one attached hydrogen (secondary N) is 1. The zero-order chi connectivity index (χ0) is 12.4. The maximum absolute atomic E-state index is 13.9. The number of hydrogen-bond donors (Lipinski definition) is 2. The molecule has 5 heteroatoms. The summed E-state index contributed by atoms with van der Waals surface area (Å²) in [6.45, 7) is 1.64. The van der Waals surface area contributed by atoms with Gasteiger partial charge in [-0.25, -0.2) is 4.39 Å². The largest absolute Gasteiger partial charge is 0.504 e. The van der Waals surface area contributed by atoms with E-state index in [1.165, 1.54) is 13.2 Å². The van der Waals surface area contributed by atoms with Gasteiger partial charge < -0.3 is 15.2 Å². The van der Waals surface area contributed by atoms with Gasteiger partial charge in [-0.15, -0.1) is 0 Å². The minimum absolute atomic E-state index is 0.00532. The second-order valence-electron chi connectivity index (χ2n) is 4.18. The van der Waals surface area contributed by atoms with Gasteiger partial charge in [0.2, 0.25) is 0 Å². The van der Waals surface area contributed by atoms with Crippen molar-refractivity contribution >= 4 is 15.9 Å². The maximum atomic E-state index is 13.9. The fourth-order valence-corrected chi connectivity index (χ4v) is 2.83. The lowest BCUT2D eigenvalue weighted by molar-refractivity contribution is 0.354. The van der Waals surface area contributed by atoms with Gasteiger partial charge in [-0.3, -0.25) is 0 Å². The van der Waals surface area contributed by atoms with Crippen LogP contribution in [0, 0.1) is 5.82 Å². The molecule has 17 heavy (non-hydrogen) atoms. The van der Waals surface area contributed by atoms with Crippen molar-refractivity contribution in [1.29, 1.82) is 0 Å². The molecule has 0 amide bonds. The first-order chi connectivity index (χ1) is 8.15. The Balaban J connectivity index is 2.44. The minimum Gasteiger partial charge on any atom is -0.504 e. The van der Waals surface area contributed by atoms with Crippen LogP contribution < -0.4 is 10.1 Å². The Labute approximate surface area is 108 Å². The molecule has 3 nitrogen and oxygen atoms in total. The highest BCUT2D eigenvalue weighted by atomic mass is 79.9. The van der Waals surface area contributed by atoms with E-state index in [1.807, 2.05) is 0 Å². The van der Waals surface area contributed by atoms with Crippen LogP contribution in [0.2, 0.25) is 0 Å². The van der Waals surface area contributed by atoms with Crippen LogP contribution in [0.25, 0.3) is 0 Å². The van der Waals surface area contributed by atoms with Gasteiger partial charge in [0.1, 0.15) is 5.82 Å². The molecule has 94 valence electrons. The predicted octanol–water partition coefficient (Wildman–Crippen LogP) is 2.77. The van der Waals surface area contributed by atoms with E-state index in [0.29, 0.717) is 22.3 Å². The molecule has 0 radical (unpaired) electrons. The number of methoxy groups -OCH3 is 1. The zero-order valence-electron chi connectivity index (χ0n) is 9.59. The highest BCUT2D eigenvalue weighted by Gasteiger charge is 2.25. The summed E-state index contributed by atoms with van der Waals surface area (Å²) >= 11 is 3.18. The SMILES string of the molecule is COc1c(Br)cc(F)c(C2CCCNC2)c1O. The Morgan fingerprint density at radius 3 is 2.94 bits per heavy atom. The molecule has 1 heterocycles. The molecular weight excluding hydrogens is 289 g/mol. The number of benzene rings is 1. The number of halogens is 2. The van der Waals surface area contributed by atoms with Crippen molar-refractivity contribution < 1.29 is 14.2 Å². The second kappa shape index (κ2) is 5.23. The molecule has 1 aromatic carbocycles. The number of rotatable bonds is 2. The van der Waals surface area contributed by atoms with Crippen LogP contribution in [0.3, 0.4) is 0 Å². The molecule has 1 unspecified atom stereocenters. The smallest absolute Gasteiger partial charge is 0.175 e. The summed E-state index contributed by atoms with van der Waals surface area (Å²) in [7, 11) is 1.46. The van der Waals surface area contributed by atoms with Gasteiger partial charge >= 0.3 is 0 Å². The third kappa shape index (κ3) is 2.40. The number of ether oxygens (including phenoxy) is 1. The minimum atomic E-state index is -0.385. The first-order valence-electron chi connectivity index (χ1n) is 5.60. The molecule has 1 fully saturated rings. The number of piperidine rings is 1. The summed E-state index contributed by atoms with van der Waals surface area (Å²) in [4.78, 5) is 0. The number of hydrogen-bond acceptors (Lipinski definition) is 3. The molecular formula is C12H15BrFNO2. The van der Waals surface area contributed by atoms with E-state index in [-0.39, 0.29) is 17.5 Å². The fraction of sp³-hybridized carbons (Fsp3) is 0.500. The average molecular weight is 304 g/mol. The van der Waals surface area contributed by atoms with Crippen molar-refractivity contribution in [3.8, 4) is 11.5 Å². The topological polar surface area (TPSA) is 41.5 Å². The molecule has 2 rings (SSSR count). The quantitative estimate of drug-likeness (QED) is 0.883. The molecule has 1 atom stereocenters.